The van der Waals surface area contributed by atoms with Gasteiger partial charge in [0.25, 0.3) is 5.78 Å². The van der Waals surface area contributed by atoms with Crippen LogP contribution < -0.4 is 0 Å². The highest BCUT2D eigenvalue weighted by Crippen LogP contribution is 2.15. The highest BCUT2D eigenvalue weighted by molar-refractivity contribution is 5.85. The highest BCUT2D eigenvalue weighted by atomic mass is 19.4. The zero-order valence-corrected chi connectivity index (χ0v) is 5.16. The first kappa shape index (κ1) is 12.1. The molecule has 0 amide bonds. The van der Waals surface area contributed by atoms with Gasteiger partial charge in [0, 0.05) is 7.11 Å². The van der Waals surface area contributed by atoms with Crippen LogP contribution in [0.25, 0.3) is 0 Å². The molecule has 3 nitrogen and oxygen atoms in total. The minimum absolute atomic E-state index is 0. The molecular formula is C4H7F3O3. The van der Waals surface area contributed by atoms with Crippen LogP contribution in [-0.4, -0.2) is 31.2 Å². The molecule has 10 heavy (non-hydrogen) atoms. The summed E-state index contributed by atoms with van der Waals surface area (Å²) in [6, 6.07) is 0. The number of Topliss-reactive ketones (excluding diaryl/α,β-unsaturated/α-hetero) is 1. The fraction of sp³-hybridized carbons (Fsp3) is 0.750. The van der Waals surface area contributed by atoms with Crippen LogP contribution in [0, 0.1) is 0 Å². The Morgan fingerprint density at radius 2 is 1.90 bits per heavy atom. The van der Waals surface area contributed by atoms with Crippen molar-refractivity contribution in [1.29, 1.82) is 0 Å². The number of carbonyl (C=O) groups excluding carboxylic acids is 1. The molecule has 0 aliphatic heterocycles. The molecule has 0 fully saturated rings. The van der Waals surface area contributed by atoms with Gasteiger partial charge in [0.15, 0.2) is 0 Å². The van der Waals surface area contributed by atoms with E-state index in [1.54, 1.807) is 0 Å². The van der Waals surface area contributed by atoms with Crippen LogP contribution in [0.4, 0.5) is 13.2 Å². The van der Waals surface area contributed by atoms with Crippen LogP contribution in [0.3, 0.4) is 0 Å². The number of methoxy groups -OCH3 is 1. The minimum atomic E-state index is -4.75. The second-order valence-corrected chi connectivity index (χ2v) is 1.35. The summed E-state index contributed by atoms with van der Waals surface area (Å²) >= 11 is 0. The largest absolute Gasteiger partial charge is 0.452 e. The Labute approximate surface area is 55.1 Å². The number of alkyl halides is 3. The van der Waals surface area contributed by atoms with Crippen molar-refractivity contribution < 1.29 is 28.2 Å². The standard InChI is InChI=1S/C4H5F3O2.H2O/c1-9-2-3(8)4(5,6)7;/h2H2,1H3;1H2. The first-order chi connectivity index (χ1) is 3.98. The molecule has 0 aliphatic carbocycles. The summed E-state index contributed by atoms with van der Waals surface area (Å²) in [4.78, 5) is 9.81. The van der Waals surface area contributed by atoms with Crippen LogP contribution in [0.1, 0.15) is 0 Å². The maximum atomic E-state index is 11.2. The zero-order valence-electron chi connectivity index (χ0n) is 5.16. The molecule has 0 atom stereocenters. The molecule has 62 valence electrons. The lowest BCUT2D eigenvalue weighted by atomic mass is 10.4. The molecule has 0 saturated heterocycles. The zero-order chi connectivity index (χ0) is 7.49. The summed E-state index contributed by atoms with van der Waals surface area (Å²) in [5.41, 5.74) is 0. The lowest BCUT2D eigenvalue weighted by Crippen LogP contribution is -2.26. The minimum Gasteiger partial charge on any atom is -0.412 e. The van der Waals surface area contributed by atoms with Gasteiger partial charge in [-0.1, -0.05) is 0 Å². The van der Waals surface area contributed by atoms with E-state index in [-0.39, 0.29) is 5.48 Å². The monoisotopic (exact) mass is 160 g/mol. The van der Waals surface area contributed by atoms with Crippen molar-refractivity contribution in [2.75, 3.05) is 13.7 Å². The van der Waals surface area contributed by atoms with Crippen LogP contribution in [-0.2, 0) is 9.53 Å². The van der Waals surface area contributed by atoms with Crippen molar-refractivity contribution in [3.63, 3.8) is 0 Å². The first-order valence-corrected chi connectivity index (χ1v) is 2.07. The predicted molar refractivity (Wildman–Crippen MR) is 26.6 cm³/mol. The van der Waals surface area contributed by atoms with Gasteiger partial charge in [-0.2, -0.15) is 13.2 Å². The molecule has 0 saturated carbocycles. The molecule has 0 radical (unpaired) electrons. The Morgan fingerprint density at radius 1 is 1.50 bits per heavy atom. The van der Waals surface area contributed by atoms with Gasteiger partial charge < -0.3 is 10.2 Å². The third-order valence-electron chi connectivity index (χ3n) is 0.592. The first-order valence-electron chi connectivity index (χ1n) is 2.07. The van der Waals surface area contributed by atoms with Crippen molar-refractivity contribution >= 4 is 5.78 Å². The number of carbonyl (C=O) groups is 1. The van der Waals surface area contributed by atoms with Crippen LogP contribution in [0.5, 0.6) is 0 Å². The van der Waals surface area contributed by atoms with Gasteiger partial charge in [-0.05, 0) is 0 Å². The van der Waals surface area contributed by atoms with E-state index in [1.165, 1.54) is 0 Å². The quantitative estimate of drug-likeness (QED) is 0.568. The molecule has 0 bridgehead atoms. The maximum absolute atomic E-state index is 11.2. The van der Waals surface area contributed by atoms with E-state index in [4.69, 9.17) is 0 Å². The van der Waals surface area contributed by atoms with Gasteiger partial charge in [-0.3, -0.25) is 4.79 Å². The number of halogens is 3. The fourth-order valence-corrected chi connectivity index (χ4v) is 0.213. The SMILES string of the molecule is COCC(=O)C(F)(F)F.O. The predicted octanol–water partition coefficient (Wildman–Crippen LogP) is -0.0605. The molecule has 6 heteroatoms. The number of ether oxygens (including phenoxy) is 1. The van der Waals surface area contributed by atoms with Crippen molar-refractivity contribution in [3.05, 3.63) is 0 Å². The molecule has 0 spiro atoms. The van der Waals surface area contributed by atoms with E-state index in [9.17, 15) is 18.0 Å². The molecule has 0 aromatic heterocycles. The Hall–Kier alpha value is -0.620. The smallest absolute Gasteiger partial charge is 0.412 e. The van der Waals surface area contributed by atoms with Crippen LogP contribution >= 0.6 is 0 Å². The summed E-state index contributed by atoms with van der Waals surface area (Å²) in [6.07, 6.45) is -4.75. The third kappa shape index (κ3) is 4.28. The van der Waals surface area contributed by atoms with E-state index in [2.05, 4.69) is 4.74 Å². The number of ketones is 1. The molecule has 0 unspecified atom stereocenters. The van der Waals surface area contributed by atoms with Gasteiger partial charge in [0.1, 0.15) is 6.61 Å². The molecule has 0 rings (SSSR count). The average Bonchev–Trinajstić information content (AvgIpc) is 1.64. The van der Waals surface area contributed by atoms with Gasteiger partial charge in [0.05, 0.1) is 0 Å². The second-order valence-electron chi connectivity index (χ2n) is 1.35. The molecule has 0 heterocycles. The van der Waals surface area contributed by atoms with Crippen LogP contribution in [0.2, 0.25) is 0 Å². The van der Waals surface area contributed by atoms with Gasteiger partial charge in [-0.25, -0.2) is 0 Å². The van der Waals surface area contributed by atoms with Gasteiger partial charge in [-0.15, -0.1) is 0 Å². The van der Waals surface area contributed by atoms with Gasteiger partial charge in [0.2, 0.25) is 0 Å². The lowest BCUT2D eigenvalue weighted by molar-refractivity contribution is -0.174. The van der Waals surface area contributed by atoms with E-state index >= 15 is 0 Å². The van der Waals surface area contributed by atoms with Gasteiger partial charge >= 0.3 is 6.18 Å². The van der Waals surface area contributed by atoms with E-state index < -0.39 is 18.6 Å². The topological polar surface area (TPSA) is 57.8 Å². The Bertz CT molecular complexity index is 109. The van der Waals surface area contributed by atoms with E-state index in [1.807, 2.05) is 0 Å². The van der Waals surface area contributed by atoms with Crippen molar-refractivity contribution in [1.82, 2.24) is 0 Å². The Balaban J connectivity index is 0. The number of hydrogen-bond donors (Lipinski definition) is 0. The number of rotatable bonds is 2. The summed E-state index contributed by atoms with van der Waals surface area (Å²) < 4.78 is 37.6. The summed E-state index contributed by atoms with van der Waals surface area (Å²) in [6.45, 7) is -0.899. The van der Waals surface area contributed by atoms with Crippen molar-refractivity contribution in [3.8, 4) is 0 Å². The Morgan fingerprint density at radius 3 is 2.00 bits per heavy atom. The summed E-state index contributed by atoms with van der Waals surface area (Å²) in [5, 5.41) is 0. The molecule has 2 N–H and O–H groups in total. The van der Waals surface area contributed by atoms with Crippen LogP contribution in [0.15, 0.2) is 0 Å². The van der Waals surface area contributed by atoms with E-state index in [0.29, 0.717) is 0 Å². The van der Waals surface area contributed by atoms with Crippen molar-refractivity contribution in [2.24, 2.45) is 0 Å². The molecule has 0 aromatic carbocycles. The molecular weight excluding hydrogens is 153 g/mol. The average molecular weight is 160 g/mol. The second kappa shape index (κ2) is 4.24. The highest BCUT2D eigenvalue weighted by Gasteiger charge is 2.37. The fourth-order valence-electron chi connectivity index (χ4n) is 0.213. The van der Waals surface area contributed by atoms with Crippen molar-refractivity contribution in [2.45, 2.75) is 6.18 Å². The summed E-state index contributed by atoms with van der Waals surface area (Å²) in [5.74, 6) is -1.86. The molecule has 0 aliphatic rings. The lowest BCUT2D eigenvalue weighted by Gasteiger charge is -2.01. The normalized spacial score (nSPS) is 10.4. The molecule has 0 aromatic rings. The van der Waals surface area contributed by atoms with E-state index in [0.717, 1.165) is 7.11 Å². The summed E-state index contributed by atoms with van der Waals surface area (Å²) in [7, 11) is 1.03. The number of hydrogen-bond acceptors (Lipinski definition) is 2. The Kier molecular flexibility index (Phi) is 5.12. The maximum Gasteiger partial charge on any atom is 0.452 e. The third-order valence-corrected chi connectivity index (χ3v) is 0.592.